The number of nitrogens with one attached hydrogen (secondary N) is 1. The van der Waals surface area contributed by atoms with Crippen LogP contribution in [0.15, 0.2) is 34.8 Å². The molecule has 4 heteroatoms. The number of aryl methyl sites for hydroxylation is 1. The summed E-state index contributed by atoms with van der Waals surface area (Å²) in [6, 6.07) is 10.0. The number of anilines is 1. The number of hydrogen-bond donors (Lipinski definition) is 1. The van der Waals surface area contributed by atoms with Crippen molar-refractivity contribution in [1.29, 1.82) is 0 Å². The summed E-state index contributed by atoms with van der Waals surface area (Å²) in [6.07, 6.45) is 0. The first-order valence-corrected chi connectivity index (χ1v) is 5.78. The largest absolute Gasteiger partial charge is 0.372 e. The number of rotatable bonds is 2. The second-order valence-corrected chi connectivity index (χ2v) is 4.44. The van der Waals surface area contributed by atoms with Gasteiger partial charge in [-0.3, -0.25) is 0 Å². The first-order valence-electron chi connectivity index (χ1n) is 4.98. The van der Waals surface area contributed by atoms with Gasteiger partial charge in [0.05, 0.1) is 5.69 Å². The van der Waals surface area contributed by atoms with E-state index in [0.717, 1.165) is 27.1 Å². The average molecular weight is 278 g/mol. The van der Waals surface area contributed by atoms with Crippen LogP contribution in [0.5, 0.6) is 0 Å². The summed E-state index contributed by atoms with van der Waals surface area (Å²) in [5.74, 6) is 0.788. The zero-order valence-corrected chi connectivity index (χ0v) is 10.7. The molecule has 0 bridgehead atoms. The molecule has 1 aromatic carbocycles. The quantitative estimate of drug-likeness (QED) is 0.916. The lowest BCUT2D eigenvalue weighted by molar-refractivity contribution is 1.02. The Balaban J connectivity index is 2.48. The van der Waals surface area contributed by atoms with Gasteiger partial charge in [-0.2, -0.15) is 0 Å². The number of halogens is 1. The van der Waals surface area contributed by atoms with Gasteiger partial charge in [0.15, 0.2) is 0 Å². The van der Waals surface area contributed by atoms with Gasteiger partial charge in [-0.1, -0.05) is 28.1 Å². The summed E-state index contributed by atoms with van der Waals surface area (Å²) in [5.41, 5.74) is 3.10. The third kappa shape index (κ3) is 2.22. The van der Waals surface area contributed by atoms with Crippen LogP contribution in [0, 0.1) is 6.92 Å². The average Bonchev–Trinajstić information content (AvgIpc) is 2.28. The fourth-order valence-corrected chi connectivity index (χ4v) is 1.93. The minimum absolute atomic E-state index is 0.788. The van der Waals surface area contributed by atoms with Gasteiger partial charge in [-0.15, -0.1) is 10.2 Å². The second-order valence-electron chi connectivity index (χ2n) is 3.52. The highest BCUT2D eigenvalue weighted by Gasteiger charge is 2.05. The van der Waals surface area contributed by atoms with Crippen molar-refractivity contribution in [3.8, 4) is 11.3 Å². The molecular weight excluding hydrogens is 266 g/mol. The molecule has 1 N–H and O–H groups in total. The molecule has 0 saturated heterocycles. The van der Waals surface area contributed by atoms with Crippen LogP contribution in [0.2, 0.25) is 0 Å². The van der Waals surface area contributed by atoms with E-state index in [1.165, 1.54) is 0 Å². The highest BCUT2D eigenvalue weighted by molar-refractivity contribution is 9.10. The number of benzene rings is 1. The van der Waals surface area contributed by atoms with Crippen molar-refractivity contribution >= 4 is 21.7 Å². The maximum Gasteiger partial charge on any atom is 0.148 e. The molecule has 0 aliphatic heterocycles. The van der Waals surface area contributed by atoms with Crippen LogP contribution in [-0.2, 0) is 0 Å². The second kappa shape index (κ2) is 4.61. The third-order valence-electron chi connectivity index (χ3n) is 2.34. The molecule has 2 aromatic rings. The van der Waals surface area contributed by atoms with E-state index in [2.05, 4.69) is 31.4 Å². The first-order chi connectivity index (χ1) is 7.70. The summed E-state index contributed by atoms with van der Waals surface area (Å²) in [7, 11) is 1.84. The minimum atomic E-state index is 0.788. The van der Waals surface area contributed by atoms with E-state index in [1.807, 2.05) is 44.3 Å². The van der Waals surface area contributed by atoms with Crippen LogP contribution < -0.4 is 5.32 Å². The van der Waals surface area contributed by atoms with Gasteiger partial charge in [-0.05, 0) is 30.7 Å². The fraction of sp³-hybridized carbons (Fsp3) is 0.167. The lowest BCUT2D eigenvalue weighted by Crippen LogP contribution is -1.98. The Hall–Kier alpha value is -1.42. The molecule has 82 valence electrons. The molecule has 16 heavy (non-hydrogen) atoms. The zero-order chi connectivity index (χ0) is 11.5. The van der Waals surface area contributed by atoms with Gasteiger partial charge in [0, 0.05) is 17.1 Å². The molecule has 0 unspecified atom stereocenters. The molecule has 0 amide bonds. The standard InChI is InChI=1S/C12H12BrN3/c1-8-6-11(14-2)15-16-12(8)9-4-3-5-10(13)7-9/h3-7H,1-2H3,(H,14,15). The van der Waals surface area contributed by atoms with E-state index in [4.69, 9.17) is 0 Å². The third-order valence-corrected chi connectivity index (χ3v) is 2.83. The molecule has 0 radical (unpaired) electrons. The van der Waals surface area contributed by atoms with E-state index in [0.29, 0.717) is 0 Å². The Morgan fingerprint density at radius 2 is 2.00 bits per heavy atom. The Morgan fingerprint density at radius 3 is 2.62 bits per heavy atom. The normalized spacial score (nSPS) is 10.2. The zero-order valence-electron chi connectivity index (χ0n) is 9.16. The van der Waals surface area contributed by atoms with Gasteiger partial charge in [0.25, 0.3) is 0 Å². The molecule has 0 spiro atoms. The predicted molar refractivity (Wildman–Crippen MR) is 69.5 cm³/mol. The van der Waals surface area contributed by atoms with E-state index < -0.39 is 0 Å². The SMILES string of the molecule is CNc1cc(C)c(-c2cccc(Br)c2)nn1. The first kappa shape index (κ1) is 11.1. The van der Waals surface area contributed by atoms with Crippen LogP contribution in [0.1, 0.15) is 5.56 Å². The van der Waals surface area contributed by atoms with Crippen molar-refractivity contribution in [2.45, 2.75) is 6.92 Å². The predicted octanol–water partition coefficient (Wildman–Crippen LogP) is 3.26. The van der Waals surface area contributed by atoms with E-state index >= 15 is 0 Å². The van der Waals surface area contributed by atoms with Crippen LogP contribution in [-0.4, -0.2) is 17.2 Å². The van der Waals surface area contributed by atoms with Gasteiger partial charge in [-0.25, -0.2) is 0 Å². The Bertz CT molecular complexity index is 511. The molecule has 0 fully saturated rings. The summed E-state index contributed by atoms with van der Waals surface area (Å²) in [6.45, 7) is 2.03. The maximum absolute atomic E-state index is 4.23. The Kier molecular flexibility index (Phi) is 3.19. The van der Waals surface area contributed by atoms with Crippen molar-refractivity contribution in [3.63, 3.8) is 0 Å². The van der Waals surface area contributed by atoms with Gasteiger partial charge < -0.3 is 5.32 Å². The van der Waals surface area contributed by atoms with E-state index in [9.17, 15) is 0 Å². The lowest BCUT2D eigenvalue weighted by Gasteiger charge is -2.06. The lowest BCUT2D eigenvalue weighted by atomic mass is 10.1. The maximum atomic E-state index is 4.23. The van der Waals surface area contributed by atoms with Crippen LogP contribution in [0.25, 0.3) is 11.3 Å². The molecule has 2 rings (SSSR count). The molecule has 0 saturated carbocycles. The fourth-order valence-electron chi connectivity index (χ4n) is 1.53. The Labute approximate surface area is 103 Å². The van der Waals surface area contributed by atoms with Crippen LogP contribution in [0.3, 0.4) is 0 Å². The van der Waals surface area contributed by atoms with Crippen molar-refractivity contribution in [3.05, 3.63) is 40.4 Å². The van der Waals surface area contributed by atoms with Gasteiger partial charge in [0.2, 0.25) is 0 Å². The van der Waals surface area contributed by atoms with Gasteiger partial charge in [0.1, 0.15) is 5.82 Å². The van der Waals surface area contributed by atoms with Crippen molar-refractivity contribution in [2.75, 3.05) is 12.4 Å². The molecule has 0 aliphatic carbocycles. The molecule has 0 atom stereocenters. The molecule has 3 nitrogen and oxygen atoms in total. The van der Waals surface area contributed by atoms with E-state index in [1.54, 1.807) is 0 Å². The number of nitrogens with zero attached hydrogens (tertiary/aromatic N) is 2. The smallest absolute Gasteiger partial charge is 0.148 e. The molecule has 1 heterocycles. The van der Waals surface area contributed by atoms with Crippen molar-refractivity contribution < 1.29 is 0 Å². The van der Waals surface area contributed by atoms with Crippen molar-refractivity contribution in [1.82, 2.24) is 10.2 Å². The highest BCUT2D eigenvalue weighted by atomic mass is 79.9. The van der Waals surface area contributed by atoms with Gasteiger partial charge >= 0.3 is 0 Å². The summed E-state index contributed by atoms with van der Waals surface area (Å²) in [4.78, 5) is 0. The minimum Gasteiger partial charge on any atom is -0.372 e. The summed E-state index contributed by atoms with van der Waals surface area (Å²) in [5, 5.41) is 11.3. The van der Waals surface area contributed by atoms with Crippen LogP contribution >= 0.6 is 15.9 Å². The summed E-state index contributed by atoms with van der Waals surface area (Å²) < 4.78 is 1.05. The molecular formula is C12H12BrN3. The number of hydrogen-bond acceptors (Lipinski definition) is 3. The molecule has 0 aliphatic rings. The topological polar surface area (TPSA) is 37.8 Å². The monoisotopic (exact) mass is 277 g/mol. The van der Waals surface area contributed by atoms with Crippen molar-refractivity contribution in [2.24, 2.45) is 0 Å². The van der Waals surface area contributed by atoms with E-state index in [-0.39, 0.29) is 0 Å². The summed E-state index contributed by atoms with van der Waals surface area (Å²) >= 11 is 3.45. The highest BCUT2D eigenvalue weighted by Crippen LogP contribution is 2.24. The molecule has 1 aromatic heterocycles. The number of aromatic nitrogens is 2. The Morgan fingerprint density at radius 1 is 1.19 bits per heavy atom. The van der Waals surface area contributed by atoms with Crippen LogP contribution in [0.4, 0.5) is 5.82 Å².